The van der Waals surface area contributed by atoms with Crippen LogP contribution in [0.15, 0.2) is 102 Å². The van der Waals surface area contributed by atoms with Gasteiger partial charge in [-0.05, 0) is 23.6 Å². The Morgan fingerprint density at radius 1 is 0.919 bits per heavy atom. The zero-order valence-corrected chi connectivity index (χ0v) is 20.7. The molecular formula is C30H29N5O2. The minimum atomic E-state index is -0.130. The molecule has 0 saturated carbocycles. The van der Waals surface area contributed by atoms with Gasteiger partial charge in [0.15, 0.2) is 5.65 Å². The molecule has 3 aromatic carbocycles. The molecule has 0 bridgehead atoms. The van der Waals surface area contributed by atoms with E-state index in [1.165, 1.54) is 5.56 Å². The zero-order valence-electron chi connectivity index (χ0n) is 20.7. The second-order valence-electron chi connectivity index (χ2n) is 9.20. The highest BCUT2D eigenvalue weighted by Crippen LogP contribution is 2.27. The first-order valence-corrected chi connectivity index (χ1v) is 12.4. The van der Waals surface area contributed by atoms with Gasteiger partial charge in [0.1, 0.15) is 11.7 Å². The summed E-state index contributed by atoms with van der Waals surface area (Å²) in [4.78, 5) is 30.4. The van der Waals surface area contributed by atoms with Crippen LogP contribution in [0.1, 0.15) is 34.6 Å². The number of aryl methyl sites for hydroxylation is 1. The van der Waals surface area contributed by atoms with E-state index < -0.39 is 0 Å². The summed E-state index contributed by atoms with van der Waals surface area (Å²) in [6.07, 6.45) is 3.46. The van der Waals surface area contributed by atoms with Crippen molar-refractivity contribution in [1.29, 1.82) is 0 Å². The maximum atomic E-state index is 13.0. The average Bonchev–Trinajstić information content (AvgIpc) is 3.35. The number of amides is 1. The van der Waals surface area contributed by atoms with Crippen LogP contribution < -0.4 is 10.9 Å². The number of nitrogens with one attached hydrogen (secondary N) is 1. The molecule has 0 atom stereocenters. The number of carbonyl (C=O) groups excluding carboxylic acids is 1. The van der Waals surface area contributed by atoms with Gasteiger partial charge in [0, 0.05) is 18.9 Å². The summed E-state index contributed by atoms with van der Waals surface area (Å²) in [5, 5.41) is 7.83. The van der Waals surface area contributed by atoms with Gasteiger partial charge in [0.25, 0.3) is 5.56 Å². The third-order valence-corrected chi connectivity index (χ3v) is 6.53. The predicted molar refractivity (Wildman–Crippen MR) is 144 cm³/mol. The van der Waals surface area contributed by atoms with Crippen LogP contribution in [0, 0.1) is 6.92 Å². The Kier molecular flexibility index (Phi) is 7.21. The number of hydrogen-bond acceptors (Lipinski definition) is 4. The van der Waals surface area contributed by atoms with Gasteiger partial charge in [-0.1, -0.05) is 90.5 Å². The van der Waals surface area contributed by atoms with E-state index in [1.807, 2.05) is 67.6 Å². The topological polar surface area (TPSA) is 81.8 Å². The SMILES string of the molecule is Cc1ccc(Cn2cnc3c(cnn3CCNC(=O)CC(c3ccccc3)c3ccccc3)c2=O)cc1. The van der Waals surface area contributed by atoms with E-state index in [4.69, 9.17) is 0 Å². The van der Waals surface area contributed by atoms with Crippen molar-refractivity contribution in [3.05, 3.63) is 130 Å². The fourth-order valence-electron chi connectivity index (χ4n) is 4.52. The molecule has 7 heteroatoms. The highest BCUT2D eigenvalue weighted by Gasteiger charge is 2.18. The number of nitrogens with zero attached hydrogens (tertiary/aromatic N) is 4. The molecule has 5 aromatic rings. The standard InChI is InChI=1S/C30H29N5O2/c1-22-12-14-23(15-13-22)20-34-21-32-29-27(30(34)37)19-33-35(29)17-16-31-28(36)18-26(24-8-4-2-5-9-24)25-10-6-3-7-11-25/h2-15,19,21,26H,16-18,20H2,1H3,(H,31,36). The van der Waals surface area contributed by atoms with E-state index in [1.54, 1.807) is 21.8 Å². The minimum absolute atomic E-state index is 0.0263. The Morgan fingerprint density at radius 2 is 1.57 bits per heavy atom. The number of carbonyl (C=O) groups is 1. The molecule has 2 heterocycles. The second kappa shape index (κ2) is 11.0. The lowest BCUT2D eigenvalue weighted by Gasteiger charge is -2.18. The molecule has 1 N–H and O–H groups in total. The molecular weight excluding hydrogens is 462 g/mol. The van der Waals surface area contributed by atoms with Crippen molar-refractivity contribution in [1.82, 2.24) is 24.6 Å². The van der Waals surface area contributed by atoms with Gasteiger partial charge >= 0.3 is 0 Å². The van der Waals surface area contributed by atoms with Gasteiger partial charge < -0.3 is 5.32 Å². The van der Waals surface area contributed by atoms with Crippen molar-refractivity contribution < 1.29 is 4.79 Å². The van der Waals surface area contributed by atoms with Gasteiger partial charge in [-0.15, -0.1) is 0 Å². The summed E-state index contributed by atoms with van der Waals surface area (Å²) in [6.45, 7) is 3.30. The van der Waals surface area contributed by atoms with Crippen LogP contribution in [-0.2, 0) is 17.9 Å². The fourth-order valence-corrected chi connectivity index (χ4v) is 4.52. The van der Waals surface area contributed by atoms with Gasteiger partial charge in [-0.25, -0.2) is 9.67 Å². The maximum absolute atomic E-state index is 13.0. The number of benzene rings is 3. The van der Waals surface area contributed by atoms with Crippen molar-refractivity contribution in [2.24, 2.45) is 0 Å². The second-order valence-corrected chi connectivity index (χ2v) is 9.20. The first-order valence-electron chi connectivity index (χ1n) is 12.4. The quantitative estimate of drug-likeness (QED) is 0.334. The zero-order chi connectivity index (χ0) is 25.6. The van der Waals surface area contributed by atoms with Crippen LogP contribution in [-0.4, -0.2) is 31.8 Å². The first kappa shape index (κ1) is 24.2. The maximum Gasteiger partial charge on any atom is 0.264 e. The lowest BCUT2D eigenvalue weighted by atomic mass is 9.88. The van der Waals surface area contributed by atoms with Gasteiger partial charge in [-0.3, -0.25) is 14.2 Å². The molecule has 7 nitrogen and oxygen atoms in total. The van der Waals surface area contributed by atoms with Crippen molar-refractivity contribution in [3.8, 4) is 0 Å². The third kappa shape index (κ3) is 5.67. The molecule has 0 unspecified atom stereocenters. The van der Waals surface area contributed by atoms with Gasteiger partial charge in [0.05, 0.1) is 19.3 Å². The Morgan fingerprint density at radius 3 is 2.22 bits per heavy atom. The predicted octanol–water partition coefficient (Wildman–Crippen LogP) is 4.29. The minimum Gasteiger partial charge on any atom is -0.354 e. The summed E-state index contributed by atoms with van der Waals surface area (Å²) >= 11 is 0. The average molecular weight is 492 g/mol. The molecule has 0 aliphatic rings. The van der Waals surface area contributed by atoms with Crippen molar-refractivity contribution in [2.75, 3.05) is 6.54 Å². The molecule has 0 aliphatic heterocycles. The molecule has 0 spiro atoms. The lowest BCUT2D eigenvalue weighted by molar-refractivity contribution is -0.121. The number of fused-ring (bicyclic) bond motifs is 1. The normalized spacial score (nSPS) is 11.2. The highest BCUT2D eigenvalue weighted by molar-refractivity contribution is 5.77. The van der Waals surface area contributed by atoms with E-state index in [2.05, 4.69) is 39.7 Å². The monoisotopic (exact) mass is 491 g/mol. The van der Waals surface area contributed by atoms with Crippen molar-refractivity contribution in [2.45, 2.75) is 32.4 Å². The molecule has 37 heavy (non-hydrogen) atoms. The summed E-state index contributed by atoms with van der Waals surface area (Å²) in [5.41, 5.74) is 4.81. The Bertz CT molecular complexity index is 1500. The molecule has 5 rings (SSSR count). The number of hydrogen-bond donors (Lipinski definition) is 1. The molecule has 186 valence electrons. The molecule has 1 amide bonds. The third-order valence-electron chi connectivity index (χ3n) is 6.53. The highest BCUT2D eigenvalue weighted by atomic mass is 16.1. The van der Waals surface area contributed by atoms with E-state index in [9.17, 15) is 9.59 Å². The Balaban J connectivity index is 1.23. The smallest absolute Gasteiger partial charge is 0.264 e. The summed E-state index contributed by atoms with van der Waals surface area (Å²) in [5.74, 6) is -0.0656. The Hall–Kier alpha value is -4.52. The molecule has 0 fully saturated rings. The molecule has 2 aromatic heterocycles. The van der Waals surface area contributed by atoms with Gasteiger partial charge in [-0.2, -0.15) is 5.10 Å². The van der Waals surface area contributed by atoms with Crippen molar-refractivity contribution in [3.63, 3.8) is 0 Å². The van der Waals surface area contributed by atoms with Gasteiger partial charge in [0.2, 0.25) is 5.91 Å². The fraction of sp³-hybridized carbons (Fsp3) is 0.200. The van der Waals surface area contributed by atoms with Crippen molar-refractivity contribution >= 4 is 16.9 Å². The number of aromatic nitrogens is 4. The molecule has 0 radical (unpaired) electrons. The van der Waals surface area contributed by atoms with E-state index in [0.717, 1.165) is 16.7 Å². The van der Waals surface area contributed by atoms with Crippen LogP contribution in [0.3, 0.4) is 0 Å². The van der Waals surface area contributed by atoms with Crippen LogP contribution >= 0.6 is 0 Å². The number of rotatable bonds is 9. The largest absolute Gasteiger partial charge is 0.354 e. The first-order chi connectivity index (χ1) is 18.1. The van der Waals surface area contributed by atoms with Crippen LogP contribution in [0.25, 0.3) is 11.0 Å². The van der Waals surface area contributed by atoms with E-state index >= 15 is 0 Å². The molecule has 0 aliphatic carbocycles. The van der Waals surface area contributed by atoms with E-state index in [-0.39, 0.29) is 17.4 Å². The van der Waals surface area contributed by atoms with Crippen LogP contribution in [0.5, 0.6) is 0 Å². The van der Waals surface area contributed by atoms with Crippen LogP contribution in [0.2, 0.25) is 0 Å². The summed E-state index contributed by atoms with van der Waals surface area (Å²) < 4.78 is 3.26. The molecule has 0 saturated heterocycles. The van der Waals surface area contributed by atoms with E-state index in [0.29, 0.717) is 37.1 Å². The summed E-state index contributed by atoms with van der Waals surface area (Å²) in [6, 6.07) is 28.2. The van der Waals surface area contributed by atoms with Crippen LogP contribution in [0.4, 0.5) is 0 Å². The summed E-state index contributed by atoms with van der Waals surface area (Å²) in [7, 11) is 0. The Labute approximate surface area is 215 Å². The lowest BCUT2D eigenvalue weighted by Crippen LogP contribution is -2.29.